The molecule has 0 aliphatic rings. The first kappa shape index (κ1) is 13.2. The van der Waals surface area contributed by atoms with Gasteiger partial charge in [0.1, 0.15) is 11.4 Å². The van der Waals surface area contributed by atoms with Gasteiger partial charge in [-0.3, -0.25) is 9.59 Å². The average molecular weight is 306 g/mol. The van der Waals surface area contributed by atoms with Crippen LogP contribution in [-0.4, -0.2) is 37.0 Å². The van der Waals surface area contributed by atoms with E-state index in [2.05, 4.69) is 15.9 Å². The molecule has 88 valence electrons. The Morgan fingerprint density at radius 2 is 2.25 bits per heavy atom. The van der Waals surface area contributed by atoms with Crippen molar-refractivity contribution in [3.05, 3.63) is 20.8 Å². The zero-order chi connectivity index (χ0) is 12.1. The van der Waals surface area contributed by atoms with Crippen LogP contribution < -0.4 is 0 Å². The summed E-state index contributed by atoms with van der Waals surface area (Å²) >= 11 is 4.62. The van der Waals surface area contributed by atoms with E-state index in [-0.39, 0.29) is 12.5 Å². The summed E-state index contributed by atoms with van der Waals surface area (Å²) in [6.07, 6.45) is 0. The van der Waals surface area contributed by atoms with Crippen LogP contribution in [0.25, 0.3) is 0 Å². The van der Waals surface area contributed by atoms with Crippen LogP contribution in [0, 0.1) is 0 Å². The van der Waals surface area contributed by atoms with Crippen LogP contribution >= 0.6 is 27.3 Å². The highest BCUT2D eigenvalue weighted by molar-refractivity contribution is 9.10. The third-order valence-electron chi connectivity index (χ3n) is 1.83. The minimum absolute atomic E-state index is 0.0307. The van der Waals surface area contributed by atoms with Gasteiger partial charge in [-0.1, -0.05) is 0 Å². The summed E-state index contributed by atoms with van der Waals surface area (Å²) in [5.41, 5.74) is 0. The summed E-state index contributed by atoms with van der Waals surface area (Å²) < 4.78 is 5.52. The number of hydrogen-bond acceptors (Lipinski definition) is 4. The highest BCUT2D eigenvalue weighted by atomic mass is 79.9. The molecule has 0 N–H and O–H groups in total. The van der Waals surface area contributed by atoms with Crippen LogP contribution in [0.2, 0.25) is 0 Å². The van der Waals surface area contributed by atoms with Gasteiger partial charge in [0.15, 0.2) is 0 Å². The molecule has 1 rings (SSSR count). The second-order valence-corrected chi connectivity index (χ2v) is 4.83. The van der Waals surface area contributed by atoms with Crippen molar-refractivity contribution in [1.29, 1.82) is 0 Å². The zero-order valence-electron chi connectivity index (χ0n) is 9.03. The van der Waals surface area contributed by atoms with E-state index in [1.54, 1.807) is 20.0 Å². The highest BCUT2D eigenvalue weighted by Gasteiger charge is 2.18. The zero-order valence-corrected chi connectivity index (χ0v) is 11.4. The minimum Gasteiger partial charge on any atom is -0.465 e. The van der Waals surface area contributed by atoms with Crippen molar-refractivity contribution in [2.75, 3.05) is 20.2 Å². The molecule has 1 aromatic rings. The Morgan fingerprint density at radius 1 is 1.56 bits per heavy atom. The molecule has 0 bridgehead atoms. The number of esters is 1. The Morgan fingerprint density at radius 3 is 2.75 bits per heavy atom. The van der Waals surface area contributed by atoms with Gasteiger partial charge in [0, 0.05) is 11.5 Å². The van der Waals surface area contributed by atoms with E-state index in [1.807, 2.05) is 5.38 Å². The molecule has 0 fully saturated rings. The first-order valence-electron chi connectivity index (χ1n) is 4.70. The molecule has 6 heteroatoms. The number of likely N-dealkylation sites (N-methyl/N-ethyl adjacent to an activating group) is 1. The van der Waals surface area contributed by atoms with Crippen LogP contribution in [-0.2, 0) is 9.53 Å². The molecule has 0 aliphatic carbocycles. The molecule has 0 radical (unpaired) electrons. The van der Waals surface area contributed by atoms with Crippen molar-refractivity contribution in [3.8, 4) is 0 Å². The molecule has 4 nitrogen and oxygen atoms in total. The Labute approximate surface area is 106 Å². The van der Waals surface area contributed by atoms with Gasteiger partial charge in [-0.05, 0) is 34.3 Å². The molecular weight excluding hydrogens is 294 g/mol. The minimum atomic E-state index is -0.397. The number of carbonyl (C=O) groups excluding carboxylic acids is 2. The summed E-state index contributed by atoms with van der Waals surface area (Å²) in [6.45, 7) is 2.02. The van der Waals surface area contributed by atoms with E-state index < -0.39 is 5.97 Å². The summed E-state index contributed by atoms with van der Waals surface area (Å²) in [6, 6.07) is 1.80. The number of halogens is 1. The fourth-order valence-electron chi connectivity index (χ4n) is 1.09. The Balaban J connectivity index is 2.61. The van der Waals surface area contributed by atoms with E-state index >= 15 is 0 Å². The van der Waals surface area contributed by atoms with Crippen LogP contribution in [0.4, 0.5) is 0 Å². The first-order valence-corrected chi connectivity index (χ1v) is 6.37. The third-order valence-corrected chi connectivity index (χ3v) is 3.66. The molecule has 0 aromatic carbocycles. The molecule has 0 saturated heterocycles. The summed E-state index contributed by atoms with van der Waals surface area (Å²) in [5.74, 6) is -0.582. The van der Waals surface area contributed by atoms with Gasteiger partial charge in [0.05, 0.1) is 6.61 Å². The van der Waals surface area contributed by atoms with E-state index in [1.165, 1.54) is 16.2 Å². The molecule has 0 spiro atoms. The first-order chi connectivity index (χ1) is 7.56. The van der Waals surface area contributed by atoms with Crippen molar-refractivity contribution < 1.29 is 14.3 Å². The van der Waals surface area contributed by atoms with Gasteiger partial charge in [0.2, 0.25) is 0 Å². The number of rotatable bonds is 4. The second-order valence-electron chi connectivity index (χ2n) is 3.06. The summed E-state index contributed by atoms with van der Waals surface area (Å²) in [4.78, 5) is 25.0. The Kier molecular flexibility index (Phi) is 4.95. The maximum Gasteiger partial charge on any atom is 0.325 e. The van der Waals surface area contributed by atoms with E-state index in [4.69, 9.17) is 4.74 Å². The summed E-state index contributed by atoms with van der Waals surface area (Å²) in [5, 5.41) is 1.82. The highest BCUT2D eigenvalue weighted by Crippen LogP contribution is 2.23. The topological polar surface area (TPSA) is 46.6 Å². The molecule has 1 aromatic heterocycles. The largest absolute Gasteiger partial charge is 0.465 e. The second kappa shape index (κ2) is 6.00. The molecule has 16 heavy (non-hydrogen) atoms. The SMILES string of the molecule is CCOC(=O)CN(C)C(=O)c1sccc1Br. The molecule has 0 saturated carbocycles. The van der Waals surface area contributed by atoms with Gasteiger partial charge < -0.3 is 9.64 Å². The van der Waals surface area contributed by atoms with Crippen LogP contribution in [0.15, 0.2) is 15.9 Å². The lowest BCUT2D eigenvalue weighted by atomic mass is 10.4. The normalized spacial score (nSPS) is 9.94. The van der Waals surface area contributed by atoms with Crippen molar-refractivity contribution in [2.24, 2.45) is 0 Å². The molecule has 0 unspecified atom stereocenters. The smallest absolute Gasteiger partial charge is 0.325 e. The Hall–Kier alpha value is -0.880. The molecule has 1 heterocycles. The molecule has 0 atom stereocenters. The van der Waals surface area contributed by atoms with Gasteiger partial charge >= 0.3 is 5.97 Å². The maximum absolute atomic E-state index is 11.9. The quantitative estimate of drug-likeness (QED) is 0.801. The fourth-order valence-corrected chi connectivity index (χ4v) is 2.63. The van der Waals surface area contributed by atoms with Crippen molar-refractivity contribution >= 4 is 39.1 Å². The number of nitrogens with zero attached hydrogens (tertiary/aromatic N) is 1. The number of carbonyl (C=O) groups is 2. The predicted octanol–water partition coefficient (Wildman–Crippen LogP) is 2.15. The fraction of sp³-hybridized carbons (Fsp3) is 0.400. The number of amides is 1. The third kappa shape index (κ3) is 3.31. The Bertz CT molecular complexity index is 391. The van der Waals surface area contributed by atoms with Gasteiger partial charge in [-0.25, -0.2) is 0 Å². The van der Waals surface area contributed by atoms with E-state index in [9.17, 15) is 9.59 Å². The molecule has 0 aliphatic heterocycles. The lowest BCUT2D eigenvalue weighted by Gasteiger charge is -2.15. The van der Waals surface area contributed by atoms with E-state index in [0.717, 1.165) is 4.47 Å². The van der Waals surface area contributed by atoms with Crippen LogP contribution in [0.3, 0.4) is 0 Å². The number of hydrogen-bond donors (Lipinski definition) is 0. The van der Waals surface area contributed by atoms with Gasteiger partial charge in [-0.2, -0.15) is 0 Å². The lowest BCUT2D eigenvalue weighted by Crippen LogP contribution is -2.32. The van der Waals surface area contributed by atoms with Crippen molar-refractivity contribution in [3.63, 3.8) is 0 Å². The van der Waals surface area contributed by atoms with Crippen LogP contribution in [0.1, 0.15) is 16.6 Å². The molecule has 1 amide bonds. The van der Waals surface area contributed by atoms with Crippen molar-refractivity contribution in [1.82, 2.24) is 4.90 Å². The average Bonchev–Trinajstić information content (AvgIpc) is 2.63. The van der Waals surface area contributed by atoms with Crippen molar-refractivity contribution in [2.45, 2.75) is 6.92 Å². The van der Waals surface area contributed by atoms with Crippen LogP contribution in [0.5, 0.6) is 0 Å². The van der Waals surface area contributed by atoms with E-state index in [0.29, 0.717) is 11.5 Å². The van der Waals surface area contributed by atoms with Gasteiger partial charge in [-0.15, -0.1) is 11.3 Å². The lowest BCUT2D eigenvalue weighted by molar-refractivity contribution is -0.143. The monoisotopic (exact) mass is 305 g/mol. The number of thiophene rings is 1. The summed E-state index contributed by atoms with van der Waals surface area (Å²) in [7, 11) is 1.57. The maximum atomic E-state index is 11.9. The standard InChI is InChI=1S/C10H12BrNO3S/c1-3-15-8(13)6-12(2)10(14)9-7(11)4-5-16-9/h4-5H,3,6H2,1-2H3. The predicted molar refractivity (Wildman–Crippen MR) is 65.6 cm³/mol. The van der Waals surface area contributed by atoms with Gasteiger partial charge in [0.25, 0.3) is 5.91 Å². The number of ether oxygens (including phenoxy) is 1. The molecular formula is C10H12BrNO3S.